The minimum absolute atomic E-state index is 0. The molecule has 0 heterocycles. The normalized spacial score (nSPS) is 17.8. The number of allylic oxidation sites excluding steroid dienone is 16. The predicted molar refractivity (Wildman–Crippen MR) is 125 cm³/mol. The molecule has 0 atom stereocenters. The van der Waals surface area contributed by atoms with Gasteiger partial charge in [0.05, 0.1) is 0 Å². The third-order valence-corrected chi connectivity index (χ3v) is 40.8. The summed E-state index contributed by atoms with van der Waals surface area (Å²) in [5.74, 6) is -1.24. The Balaban J connectivity index is 0.000000281. The van der Waals surface area contributed by atoms with Crippen molar-refractivity contribution < 1.29 is 66.6 Å². The van der Waals surface area contributed by atoms with E-state index in [-0.39, 0.29) is 24.8 Å². The molecule has 0 aromatic rings. The van der Waals surface area contributed by atoms with Crippen LogP contribution in [-0.4, -0.2) is 11.8 Å². The van der Waals surface area contributed by atoms with E-state index in [0.29, 0.717) is 0 Å². The van der Waals surface area contributed by atoms with Crippen molar-refractivity contribution in [1.29, 1.82) is 0 Å². The van der Waals surface area contributed by atoms with Crippen LogP contribution >= 0.6 is 0 Å². The van der Waals surface area contributed by atoms with Crippen LogP contribution in [0.3, 0.4) is 0 Å². The van der Waals surface area contributed by atoms with Crippen LogP contribution in [0, 0.1) is 0 Å². The molecule has 0 aromatic heterocycles. The zero-order valence-corrected chi connectivity index (χ0v) is 27.4. The molecule has 160 valence electrons. The standard InChI is InChI=1S/2C10H11Si.4CH3.2ClH.2Zr/c2*1-2-6-9(5-1)11-10-7-3-4-8-10;;;;;;;;/h2*1-5,7,11H,6,8H2;4*1H3;2*1H;;/q;;;;;;;;2*+1/p-2. The molecule has 0 spiro atoms. The quantitative estimate of drug-likeness (QED) is 0.376. The van der Waals surface area contributed by atoms with Gasteiger partial charge in [-0.2, -0.15) is 0 Å². The van der Waals surface area contributed by atoms with Gasteiger partial charge in [-0.1, -0.05) is 0 Å². The van der Waals surface area contributed by atoms with Crippen molar-refractivity contribution in [2.24, 2.45) is 0 Å². The Kier molecular flexibility index (Phi) is 14.1. The molecule has 4 rings (SSSR count). The molecule has 0 amide bonds. The maximum atomic E-state index is 2.58. The van der Waals surface area contributed by atoms with Gasteiger partial charge in [0.1, 0.15) is 0 Å². The van der Waals surface area contributed by atoms with Crippen molar-refractivity contribution in [2.45, 2.75) is 44.2 Å². The number of hydrogen-bond acceptors (Lipinski definition) is 0. The summed E-state index contributed by atoms with van der Waals surface area (Å²) >= 11 is -2.04. The van der Waals surface area contributed by atoms with E-state index in [1.807, 2.05) is 20.8 Å². The van der Waals surface area contributed by atoms with Gasteiger partial charge in [0.15, 0.2) is 0 Å². The molecule has 0 fully saturated rings. The largest absolute Gasteiger partial charge is 1.00 e. The smallest absolute Gasteiger partial charge is 1.00 e. The maximum absolute atomic E-state index is 2.58. The monoisotopic (exact) mass is 628 g/mol. The van der Waals surface area contributed by atoms with Crippen LogP contribution in [-0.2, 0) is 41.8 Å². The fourth-order valence-electron chi connectivity index (χ4n) is 4.67. The Hall–Kier alpha value is 0.700. The van der Waals surface area contributed by atoms with Crippen LogP contribution in [0.1, 0.15) is 25.7 Å². The summed E-state index contributed by atoms with van der Waals surface area (Å²) in [4.78, 5) is 0. The number of rotatable bonds is 6. The van der Waals surface area contributed by atoms with Gasteiger partial charge in [0.25, 0.3) is 0 Å². The molecule has 0 nitrogen and oxygen atoms in total. The Morgan fingerprint density at radius 1 is 0.500 bits per heavy atom. The van der Waals surface area contributed by atoms with Crippen LogP contribution in [0.4, 0.5) is 0 Å². The Morgan fingerprint density at radius 3 is 0.867 bits per heavy atom. The first-order valence-electron chi connectivity index (χ1n) is 10.6. The van der Waals surface area contributed by atoms with E-state index in [0.717, 1.165) is 0 Å². The van der Waals surface area contributed by atoms with Crippen molar-refractivity contribution in [3.8, 4) is 0 Å². The van der Waals surface area contributed by atoms with E-state index >= 15 is 0 Å². The van der Waals surface area contributed by atoms with Gasteiger partial charge in [-0.15, -0.1) is 0 Å². The molecule has 6 heteroatoms. The van der Waals surface area contributed by atoms with E-state index in [4.69, 9.17) is 0 Å². The van der Waals surface area contributed by atoms with Crippen molar-refractivity contribution >= 4 is 11.8 Å². The molecule has 4 aliphatic carbocycles. The molecule has 0 radical (unpaired) electrons. The van der Waals surface area contributed by atoms with Crippen molar-refractivity contribution in [3.63, 3.8) is 0 Å². The van der Waals surface area contributed by atoms with Crippen LogP contribution < -0.4 is 24.8 Å². The summed E-state index contributed by atoms with van der Waals surface area (Å²) < 4.78 is 10.3. The Morgan fingerprint density at radius 2 is 0.733 bits per heavy atom. The molecule has 0 aromatic carbocycles. The fourth-order valence-corrected chi connectivity index (χ4v) is 39.5. The Labute approximate surface area is 214 Å². The summed E-state index contributed by atoms with van der Waals surface area (Å²) in [6.07, 6.45) is 33.0. The predicted octanol–water partition coefficient (Wildman–Crippen LogP) is 0.559. The molecule has 0 unspecified atom stereocenters. The van der Waals surface area contributed by atoms with Gasteiger partial charge in [0, 0.05) is 0 Å². The zero-order valence-electron chi connectivity index (χ0n) is 18.7. The summed E-state index contributed by atoms with van der Waals surface area (Å²) in [7, 11) is 0. The minimum atomic E-state index is -1.02. The minimum Gasteiger partial charge on any atom is -1.00 e. The summed E-state index contributed by atoms with van der Waals surface area (Å²) in [6, 6.07) is 0. The van der Waals surface area contributed by atoms with E-state index in [2.05, 4.69) is 91.4 Å². The van der Waals surface area contributed by atoms with Gasteiger partial charge < -0.3 is 24.8 Å². The molecule has 4 aliphatic rings. The third kappa shape index (κ3) is 7.93. The SMILES string of the molecule is [CH3][Zr+]([CH3])[SiH](C1=CC=CC1)C1=CC=CC1.[CH3][Zr+]([CH3])[SiH](C1=CC=CC1)C1=CC=CC1.[Cl-].[Cl-]. The van der Waals surface area contributed by atoms with Gasteiger partial charge >= 0.3 is 192 Å². The molecule has 0 N–H and O–H groups in total. The second-order valence-corrected chi connectivity index (χ2v) is 46.0. The summed E-state index contributed by atoms with van der Waals surface area (Å²) in [5, 5.41) is 7.28. The van der Waals surface area contributed by atoms with Gasteiger partial charge in [-0.3, -0.25) is 0 Å². The second kappa shape index (κ2) is 14.8. The van der Waals surface area contributed by atoms with Crippen LogP contribution in [0.25, 0.3) is 0 Å². The average Bonchev–Trinajstić information content (AvgIpc) is 3.46. The molecule has 30 heavy (non-hydrogen) atoms. The third-order valence-electron chi connectivity index (χ3n) is 5.84. The molecule has 0 aliphatic heterocycles. The average molecular weight is 632 g/mol. The van der Waals surface area contributed by atoms with Gasteiger partial charge in [-0.25, -0.2) is 0 Å². The van der Waals surface area contributed by atoms with E-state index < -0.39 is 53.7 Å². The molecular weight excluding hydrogens is 598 g/mol. The first-order valence-corrected chi connectivity index (χ1v) is 32.4. The number of hydrogen-bond donors (Lipinski definition) is 0. The first-order chi connectivity index (χ1) is 13.6. The van der Waals surface area contributed by atoms with Crippen LogP contribution in [0.2, 0.25) is 18.5 Å². The van der Waals surface area contributed by atoms with Crippen LogP contribution in [0.5, 0.6) is 0 Å². The molecule has 0 saturated carbocycles. The maximum Gasteiger partial charge on any atom is -1.00 e. The van der Waals surface area contributed by atoms with Crippen LogP contribution in [0.15, 0.2) is 93.7 Å². The fraction of sp³-hybridized carbons (Fsp3) is 0.333. The first kappa shape index (κ1) is 28.7. The zero-order chi connectivity index (χ0) is 19.9. The summed E-state index contributed by atoms with van der Waals surface area (Å²) in [6.45, 7) is 0. The van der Waals surface area contributed by atoms with Gasteiger partial charge in [-0.05, 0) is 0 Å². The van der Waals surface area contributed by atoms with E-state index in [1.165, 1.54) is 25.7 Å². The summed E-state index contributed by atoms with van der Waals surface area (Å²) in [5.41, 5.74) is 0. The molecule has 0 saturated heterocycles. The van der Waals surface area contributed by atoms with Crippen molar-refractivity contribution in [3.05, 3.63) is 93.7 Å². The number of halogens is 2. The van der Waals surface area contributed by atoms with Crippen molar-refractivity contribution in [1.82, 2.24) is 0 Å². The Bertz CT molecular complexity index is 687. The molecular formula is C24H34Cl2Si2Zr2. The van der Waals surface area contributed by atoms with Gasteiger partial charge in [0.2, 0.25) is 0 Å². The topological polar surface area (TPSA) is 0 Å². The van der Waals surface area contributed by atoms with E-state index in [1.54, 1.807) is 0 Å². The molecule has 0 bridgehead atoms. The second-order valence-electron chi connectivity index (χ2n) is 8.52. The van der Waals surface area contributed by atoms with E-state index in [9.17, 15) is 0 Å². The van der Waals surface area contributed by atoms with Crippen molar-refractivity contribution in [2.75, 3.05) is 0 Å².